The van der Waals surface area contributed by atoms with Crippen LogP contribution in [0.5, 0.6) is 0 Å². The average molecular weight is 384 g/mol. The van der Waals surface area contributed by atoms with Crippen molar-refractivity contribution in [1.29, 1.82) is 0 Å². The summed E-state index contributed by atoms with van der Waals surface area (Å²) in [6.07, 6.45) is 0. The summed E-state index contributed by atoms with van der Waals surface area (Å²) in [5, 5.41) is 6.20. The summed E-state index contributed by atoms with van der Waals surface area (Å²) in [5.41, 5.74) is 3.18. The number of benzene rings is 4. The molecule has 2 heteroatoms. The third kappa shape index (κ3) is 2.33. The molecule has 0 aliphatic heterocycles. The fourth-order valence-corrected chi connectivity index (χ4v) is 3.98. The highest BCUT2D eigenvalue weighted by Crippen LogP contribution is 2.37. The first-order valence-electron chi connectivity index (χ1n) is 8.27. The van der Waals surface area contributed by atoms with Crippen molar-refractivity contribution < 1.29 is 0 Å². The van der Waals surface area contributed by atoms with Crippen LogP contribution in [0.25, 0.3) is 43.7 Å². The zero-order chi connectivity index (χ0) is 16.8. The van der Waals surface area contributed by atoms with Gasteiger partial charge in [-0.2, -0.15) is 0 Å². The Labute approximate surface area is 154 Å². The minimum atomic E-state index is 1.03. The molecule has 4 aromatic carbocycles. The Hall–Kier alpha value is -2.71. The lowest BCUT2D eigenvalue weighted by molar-refractivity contribution is 1.42. The van der Waals surface area contributed by atoms with Crippen LogP contribution >= 0.6 is 15.9 Å². The molecule has 0 aliphatic rings. The molecule has 1 heterocycles. The summed E-state index contributed by atoms with van der Waals surface area (Å²) < 4.78 is 1.06. The number of aromatic nitrogens is 1. The zero-order valence-corrected chi connectivity index (χ0v) is 15.0. The molecule has 0 spiro atoms. The smallest absolute Gasteiger partial charge is 0.0788 e. The number of hydrogen-bond acceptors (Lipinski definition) is 1. The molecule has 118 valence electrons. The van der Waals surface area contributed by atoms with E-state index in [4.69, 9.17) is 4.98 Å². The molecule has 0 atom stereocenters. The first-order chi connectivity index (χ1) is 12.3. The molecule has 0 radical (unpaired) electrons. The maximum absolute atomic E-state index is 5.00. The van der Waals surface area contributed by atoms with Crippen LogP contribution in [0.3, 0.4) is 0 Å². The summed E-state index contributed by atoms with van der Waals surface area (Å²) in [5.74, 6) is 0. The molecular formula is C23H14BrN. The highest BCUT2D eigenvalue weighted by molar-refractivity contribution is 9.10. The second kappa shape index (κ2) is 5.68. The molecule has 0 bridgehead atoms. The Bertz CT molecular complexity index is 1240. The Balaban J connectivity index is 2.03. The molecule has 0 aliphatic carbocycles. The first-order valence-corrected chi connectivity index (χ1v) is 9.07. The standard InChI is InChI=1S/C23H14BrN/c24-17-8-5-7-16(14-17)23-20-13-12-15-6-1-2-9-18(15)22(20)19-10-3-4-11-21(19)25-23/h1-14H. The van der Waals surface area contributed by atoms with Crippen LogP contribution in [0, 0.1) is 0 Å². The predicted octanol–water partition coefficient (Wildman–Crippen LogP) is 6.97. The largest absolute Gasteiger partial charge is 0.247 e. The fourth-order valence-electron chi connectivity index (χ4n) is 3.58. The van der Waals surface area contributed by atoms with Gasteiger partial charge < -0.3 is 0 Å². The van der Waals surface area contributed by atoms with Crippen molar-refractivity contribution in [1.82, 2.24) is 4.98 Å². The van der Waals surface area contributed by atoms with Gasteiger partial charge in [-0.3, -0.25) is 0 Å². The summed E-state index contributed by atoms with van der Waals surface area (Å²) in [6, 6.07) is 29.7. The number of para-hydroxylation sites is 1. The van der Waals surface area contributed by atoms with Crippen molar-refractivity contribution >= 4 is 48.4 Å². The summed E-state index contributed by atoms with van der Waals surface area (Å²) in [7, 11) is 0. The van der Waals surface area contributed by atoms with Gasteiger partial charge in [-0.05, 0) is 29.0 Å². The van der Waals surface area contributed by atoms with E-state index in [0.717, 1.165) is 21.2 Å². The van der Waals surface area contributed by atoms with Crippen molar-refractivity contribution in [2.45, 2.75) is 0 Å². The Morgan fingerprint density at radius 1 is 0.640 bits per heavy atom. The van der Waals surface area contributed by atoms with E-state index in [9.17, 15) is 0 Å². The van der Waals surface area contributed by atoms with E-state index in [0.29, 0.717) is 0 Å². The van der Waals surface area contributed by atoms with Crippen LogP contribution in [0.4, 0.5) is 0 Å². The number of rotatable bonds is 1. The van der Waals surface area contributed by atoms with Crippen molar-refractivity contribution in [2.75, 3.05) is 0 Å². The molecule has 0 N–H and O–H groups in total. The molecule has 0 unspecified atom stereocenters. The van der Waals surface area contributed by atoms with Crippen LogP contribution in [0.1, 0.15) is 0 Å². The van der Waals surface area contributed by atoms with E-state index >= 15 is 0 Å². The quantitative estimate of drug-likeness (QED) is 0.284. The van der Waals surface area contributed by atoms with Crippen LogP contribution in [-0.4, -0.2) is 4.98 Å². The molecule has 25 heavy (non-hydrogen) atoms. The average Bonchev–Trinajstić information content (AvgIpc) is 2.67. The van der Waals surface area contributed by atoms with Crippen molar-refractivity contribution in [2.24, 2.45) is 0 Å². The number of pyridine rings is 1. The number of hydrogen-bond donors (Lipinski definition) is 0. The number of halogens is 1. The van der Waals surface area contributed by atoms with Gasteiger partial charge in [-0.1, -0.05) is 82.7 Å². The molecule has 1 aromatic heterocycles. The van der Waals surface area contributed by atoms with Crippen LogP contribution in [0.15, 0.2) is 89.4 Å². The molecular weight excluding hydrogens is 370 g/mol. The van der Waals surface area contributed by atoms with Crippen LogP contribution in [-0.2, 0) is 0 Å². The van der Waals surface area contributed by atoms with Crippen LogP contribution < -0.4 is 0 Å². The van der Waals surface area contributed by atoms with E-state index in [1.807, 2.05) is 6.07 Å². The summed E-state index contributed by atoms with van der Waals surface area (Å²) in [4.78, 5) is 5.00. The molecule has 0 saturated carbocycles. The Kier molecular flexibility index (Phi) is 3.32. The normalized spacial score (nSPS) is 11.4. The van der Waals surface area contributed by atoms with Gasteiger partial charge in [-0.15, -0.1) is 0 Å². The summed E-state index contributed by atoms with van der Waals surface area (Å²) >= 11 is 3.59. The van der Waals surface area contributed by atoms with E-state index in [-0.39, 0.29) is 0 Å². The van der Waals surface area contributed by atoms with Gasteiger partial charge in [0.25, 0.3) is 0 Å². The maximum atomic E-state index is 5.00. The molecule has 5 aromatic rings. The minimum absolute atomic E-state index is 1.03. The Morgan fingerprint density at radius 3 is 2.32 bits per heavy atom. The number of fused-ring (bicyclic) bond motifs is 5. The van der Waals surface area contributed by atoms with E-state index in [1.54, 1.807) is 0 Å². The third-order valence-electron chi connectivity index (χ3n) is 4.69. The highest BCUT2D eigenvalue weighted by atomic mass is 79.9. The van der Waals surface area contributed by atoms with Gasteiger partial charge in [-0.25, -0.2) is 4.98 Å². The lowest BCUT2D eigenvalue weighted by Crippen LogP contribution is -1.90. The van der Waals surface area contributed by atoms with Gasteiger partial charge in [0.05, 0.1) is 11.2 Å². The number of nitrogens with zero attached hydrogens (tertiary/aromatic N) is 1. The van der Waals surface area contributed by atoms with Gasteiger partial charge >= 0.3 is 0 Å². The van der Waals surface area contributed by atoms with Crippen LogP contribution in [0.2, 0.25) is 0 Å². The minimum Gasteiger partial charge on any atom is -0.247 e. The fraction of sp³-hybridized carbons (Fsp3) is 0. The lowest BCUT2D eigenvalue weighted by atomic mass is 9.95. The van der Waals surface area contributed by atoms with Gasteiger partial charge in [0.2, 0.25) is 0 Å². The molecule has 0 saturated heterocycles. The second-order valence-electron chi connectivity index (χ2n) is 6.20. The van der Waals surface area contributed by atoms with Gasteiger partial charge in [0, 0.05) is 26.2 Å². The summed E-state index contributed by atoms with van der Waals surface area (Å²) in [6.45, 7) is 0. The SMILES string of the molecule is Brc1cccc(-c2nc3ccccc3c3c2ccc2ccccc23)c1. The van der Waals surface area contributed by atoms with Crippen molar-refractivity contribution in [3.8, 4) is 11.3 Å². The lowest BCUT2D eigenvalue weighted by Gasteiger charge is -2.12. The van der Waals surface area contributed by atoms with Crippen molar-refractivity contribution in [3.63, 3.8) is 0 Å². The van der Waals surface area contributed by atoms with Crippen molar-refractivity contribution in [3.05, 3.63) is 89.4 Å². The monoisotopic (exact) mass is 383 g/mol. The van der Waals surface area contributed by atoms with E-state index in [1.165, 1.54) is 26.9 Å². The van der Waals surface area contributed by atoms with E-state index in [2.05, 4.69) is 94.8 Å². The highest BCUT2D eigenvalue weighted by Gasteiger charge is 2.12. The zero-order valence-electron chi connectivity index (χ0n) is 13.4. The maximum Gasteiger partial charge on any atom is 0.0788 e. The Morgan fingerprint density at radius 2 is 1.44 bits per heavy atom. The predicted molar refractivity (Wildman–Crippen MR) is 110 cm³/mol. The first kappa shape index (κ1) is 14.6. The molecule has 0 amide bonds. The third-order valence-corrected chi connectivity index (χ3v) is 5.18. The van der Waals surface area contributed by atoms with Gasteiger partial charge in [0.1, 0.15) is 0 Å². The second-order valence-corrected chi connectivity index (χ2v) is 7.11. The molecule has 0 fully saturated rings. The molecule has 5 rings (SSSR count). The van der Waals surface area contributed by atoms with Gasteiger partial charge in [0.15, 0.2) is 0 Å². The topological polar surface area (TPSA) is 12.9 Å². The van der Waals surface area contributed by atoms with E-state index < -0.39 is 0 Å². The molecule has 1 nitrogen and oxygen atoms in total.